The molecule has 1 aromatic rings. The van der Waals surface area contributed by atoms with Gasteiger partial charge in [0.1, 0.15) is 17.8 Å². The van der Waals surface area contributed by atoms with Crippen molar-refractivity contribution in [3.63, 3.8) is 0 Å². The van der Waals surface area contributed by atoms with Crippen molar-refractivity contribution >= 4 is 17.7 Å². The molecule has 39 heavy (non-hydrogen) atoms. The molecule has 0 radical (unpaired) electrons. The molecule has 3 N–H and O–H groups in total. The minimum absolute atomic E-state index is 0.0914. The molecule has 6 rings (SSSR count). The van der Waals surface area contributed by atoms with Gasteiger partial charge in [0, 0.05) is 37.2 Å². The maximum atomic E-state index is 14.4. The molecule has 1 aromatic carbocycles. The Bertz CT molecular complexity index is 1090. The van der Waals surface area contributed by atoms with Crippen LogP contribution in [0.5, 0.6) is 5.75 Å². The molecule has 3 amide bonds. The first kappa shape index (κ1) is 26.6. The first-order valence-electron chi connectivity index (χ1n) is 15.0. The third kappa shape index (κ3) is 5.27. The number of fused-ring (bicyclic) bond motifs is 4. The van der Waals surface area contributed by atoms with Gasteiger partial charge in [0.05, 0.1) is 18.7 Å². The van der Waals surface area contributed by atoms with E-state index in [0.717, 1.165) is 43.4 Å². The Hall–Kier alpha value is -2.65. The second-order valence-corrected chi connectivity index (χ2v) is 12.3. The van der Waals surface area contributed by atoms with Crippen molar-refractivity contribution in [3.8, 4) is 5.75 Å². The van der Waals surface area contributed by atoms with Gasteiger partial charge in [-0.1, -0.05) is 37.5 Å². The van der Waals surface area contributed by atoms with Crippen LogP contribution in [0.15, 0.2) is 24.3 Å². The molecule has 3 aliphatic heterocycles. The lowest BCUT2D eigenvalue weighted by atomic mass is 9.82. The smallest absolute Gasteiger partial charge is 0.246 e. The molecule has 9 heteroatoms. The van der Waals surface area contributed by atoms with Crippen molar-refractivity contribution in [1.82, 2.24) is 25.8 Å². The molecule has 0 spiro atoms. The van der Waals surface area contributed by atoms with E-state index in [2.05, 4.69) is 20.9 Å². The van der Waals surface area contributed by atoms with E-state index in [4.69, 9.17) is 4.74 Å². The Labute approximate surface area is 231 Å². The van der Waals surface area contributed by atoms with E-state index in [1.165, 1.54) is 12.8 Å². The van der Waals surface area contributed by atoms with Crippen LogP contribution in [0.4, 0.5) is 0 Å². The summed E-state index contributed by atoms with van der Waals surface area (Å²) in [6, 6.07) is 6.99. The highest BCUT2D eigenvalue weighted by Crippen LogP contribution is 2.49. The topological polar surface area (TPSA) is 103 Å². The van der Waals surface area contributed by atoms with Crippen LogP contribution in [-0.2, 0) is 14.4 Å². The van der Waals surface area contributed by atoms with Crippen LogP contribution in [0.3, 0.4) is 0 Å². The standard InChI is InChI=1S/C30H43N5O4/c1-18(31-2)28(36)33-27(19-8-4-3-5-9-19)30(38)35-16-21-14-20-15-24(20)34(21)17-25(35)29(37)32-23-12-13-39-26-11-7-6-10-22(23)26/h6-7,10-11,18-21,23-25,27,31H,3-5,8-9,12-17H2,1-2H3,(H,32,37)(H,33,36)/t18-,20+,21+,23+,24-,25-,27-/m0/s1. The number of likely N-dealkylation sites (N-methyl/N-ethyl adjacent to an activating group) is 1. The molecule has 0 unspecified atom stereocenters. The van der Waals surface area contributed by atoms with Gasteiger partial charge < -0.3 is 25.6 Å². The highest BCUT2D eigenvalue weighted by atomic mass is 16.5. The van der Waals surface area contributed by atoms with Crippen molar-refractivity contribution in [2.24, 2.45) is 11.8 Å². The van der Waals surface area contributed by atoms with E-state index in [1.54, 1.807) is 7.05 Å². The summed E-state index contributed by atoms with van der Waals surface area (Å²) < 4.78 is 5.81. The van der Waals surface area contributed by atoms with Gasteiger partial charge in [0.15, 0.2) is 0 Å². The fraction of sp³-hybridized carbons (Fsp3) is 0.700. The Morgan fingerprint density at radius 2 is 1.82 bits per heavy atom. The molecular weight excluding hydrogens is 494 g/mol. The number of piperazine rings is 1. The van der Waals surface area contributed by atoms with E-state index >= 15 is 0 Å². The predicted octanol–water partition coefficient (Wildman–Crippen LogP) is 1.97. The maximum Gasteiger partial charge on any atom is 0.246 e. The van der Waals surface area contributed by atoms with E-state index < -0.39 is 18.1 Å². The zero-order valence-corrected chi connectivity index (χ0v) is 23.2. The average Bonchev–Trinajstić information content (AvgIpc) is 3.65. The minimum atomic E-state index is -0.602. The van der Waals surface area contributed by atoms with Crippen molar-refractivity contribution in [3.05, 3.63) is 29.8 Å². The number of rotatable bonds is 7. The molecule has 2 saturated heterocycles. The number of amides is 3. The maximum absolute atomic E-state index is 14.4. The number of hydrogen-bond acceptors (Lipinski definition) is 6. The van der Waals surface area contributed by atoms with Crippen molar-refractivity contribution in [2.75, 3.05) is 26.7 Å². The van der Waals surface area contributed by atoms with E-state index in [9.17, 15) is 14.4 Å². The Morgan fingerprint density at radius 3 is 2.62 bits per heavy atom. The second kappa shape index (κ2) is 11.1. The van der Waals surface area contributed by atoms with Crippen LogP contribution in [0, 0.1) is 11.8 Å². The summed E-state index contributed by atoms with van der Waals surface area (Å²) >= 11 is 0. The Morgan fingerprint density at radius 1 is 1.03 bits per heavy atom. The number of carbonyl (C=O) groups is 3. The minimum Gasteiger partial charge on any atom is -0.493 e. The number of ether oxygens (including phenoxy) is 1. The van der Waals surface area contributed by atoms with Gasteiger partial charge in [-0.2, -0.15) is 0 Å². The number of para-hydroxylation sites is 1. The van der Waals surface area contributed by atoms with Gasteiger partial charge in [-0.15, -0.1) is 0 Å². The zero-order valence-electron chi connectivity index (χ0n) is 23.2. The Balaban J connectivity index is 1.25. The summed E-state index contributed by atoms with van der Waals surface area (Å²) in [5, 5.41) is 9.39. The lowest BCUT2D eigenvalue weighted by molar-refractivity contribution is -0.150. The zero-order chi connectivity index (χ0) is 27.1. The van der Waals surface area contributed by atoms with Crippen molar-refractivity contribution in [1.29, 1.82) is 0 Å². The van der Waals surface area contributed by atoms with Gasteiger partial charge in [0.25, 0.3) is 0 Å². The third-order valence-corrected chi connectivity index (χ3v) is 9.89. The van der Waals surface area contributed by atoms with Crippen LogP contribution in [-0.4, -0.2) is 84.5 Å². The third-order valence-electron chi connectivity index (χ3n) is 9.89. The normalized spacial score (nSPS) is 31.6. The molecule has 7 atom stereocenters. The van der Waals surface area contributed by atoms with Crippen LogP contribution in [0.1, 0.15) is 69.9 Å². The van der Waals surface area contributed by atoms with Gasteiger partial charge in [-0.05, 0) is 57.6 Å². The van der Waals surface area contributed by atoms with Crippen LogP contribution >= 0.6 is 0 Å². The second-order valence-electron chi connectivity index (χ2n) is 12.3. The lowest BCUT2D eigenvalue weighted by Crippen LogP contribution is -2.67. The fourth-order valence-corrected chi connectivity index (χ4v) is 7.43. The predicted molar refractivity (Wildman–Crippen MR) is 147 cm³/mol. The average molecular weight is 538 g/mol. The number of nitrogens with zero attached hydrogens (tertiary/aromatic N) is 2. The summed E-state index contributed by atoms with van der Waals surface area (Å²) in [5.74, 6) is 1.24. The van der Waals surface area contributed by atoms with Crippen molar-refractivity contribution in [2.45, 2.75) is 94.5 Å². The SMILES string of the molecule is CN[C@@H](C)C(=O)N[C@H](C(=O)N1C[C@H]2C[C@@H]3C[C@@H]3N2C[C@H]1C(=O)N[C@@H]1CCOc2ccccc21)C1CCCCC1. The van der Waals surface area contributed by atoms with E-state index in [0.29, 0.717) is 44.1 Å². The monoisotopic (exact) mass is 537 g/mol. The largest absolute Gasteiger partial charge is 0.493 e. The molecule has 5 aliphatic rings. The summed E-state index contributed by atoms with van der Waals surface area (Å²) in [4.78, 5) is 45.7. The summed E-state index contributed by atoms with van der Waals surface area (Å²) in [5.41, 5.74) is 0.987. The molecular formula is C30H43N5O4. The van der Waals surface area contributed by atoms with Crippen LogP contribution in [0.25, 0.3) is 0 Å². The molecule has 0 aromatic heterocycles. The van der Waals surface area contributed by atoms with Gasteiger partial charge in [-0.3, -0.25) is 19.3 Å². The van der Waals surface area contributed by atoms with Crippen LogP contribution < -0.4 is 20.7 Å². The van der Waals surface area contributed by atoms with Crippen molar-refractivity contribution < 1.29 is 19.1 Å². The van der Waals surface area contributed by atoms with Gasteiger partial charge in [-0.25, -0.2) is 0 Å². The van der Waals surface area contributed by atoms with Gasteiger partial charge in [0.2, 0.25) is 17.7 Å². The first-order valence-corrected chi connectivity index (χ1v) is 15.0. The molecule has 9 nitrogen and oxygen atoms in total. The molecule has 2 saturated carbocycles. The van der Waals surface area contributed by atoms with Crippen LogP contribution in [0.2, 0.25) is 0 Å². The number of hydrogen-bond donors (Lipinski definition) is 3. The molecule has 212 valence electrons. The lowest BCUT2D eigenvalue weighted by Gasteiger charge is -2.46. The number of nitrogens with one attached hydrogen (secondary N) is 3. The van der Waals surface area contributed by atoms with E-state index in [-0.39, 0.29) is 29.7 Å². The summed E-state index contributed by atoms with van der Waals surface area (Å²) in [6.45, 7) is 3.47. The molecule has 3 heterocycles. The first-order chi connectivity index (χ1) is 18.9. The van der Waals surface area contributed by atoms with E-state index in [1.807, 2.05) is 36.1 Å². The number of benzene rings is 1. The fourth-order valence-electron chi connectivity index (χ4n) is 7.43. The molecule has 4 fully saturated rings. The quantitative estimate of drug-likeness (QED) is 0.492. The highest BCUT2D eigenvalue weighted by Gasteiger charge is 2.56. The summed E-state index contributed by atoms with van der Waals surface area (Å²) in [6.07, 6.45) is 8.14. The Kier molecular flexibility index (Phi) is 7.55. The van der Waals surface area contributed by atoms with Gasteiger partial charge >= 0.3 is 0 Å². The summed E-state index contributed by atoms with van der Waals surface area (Å²) in [7, 11) is 1.75. The molecule has 0 bridgehead atoms. The number of carbonyl (C=O) groups excluding carboxylic acids is 3. The molecule has 2 aliphatic carbocycles. The number of piperidine rings is 1. The highest BCUT2D eigenvalue weighted by molar-refractivity contribution is 5.93.